The molecule has 1 N–H and O–H groups in total. The van der Waals surface area contributed by atoms with Crippen molar-refractivity contribution in [3.63, 3.8) is 0 Å². The Hall–Kier alpha value is -1.21. The molecular formula is C20H33NO4S2. The molecule has 1 atom stereocenters. The topological polar surface area (TPSA) is 72.5 Å². The van der Waals surface area contributed by atoms with E-state index in [1.54, 1.807) is 0 Å². The van der Waals surface area contributed by atoms with Gasteiger partial charge < -0.3 is 4.74 Å². The standard InChI is InChI=1S/C20H33NO4S2/c1-6-7-8-9-13-25-19(22)20(26)27(23,24)21-18-16(14(2)3)11-10-12-17(18)15(4)5/h10-12,14-15,20-21,26H,6-9,13H2,1-5H3. The quantitative estimate of drug-likeness (QED) is 0.301. The second kappa shape index (κ2) is 11.0. The fourth-order valence-electron chi connectivity index (χ4n) is 2.77. The van der Waals surface area contributed by atoms with Crippen molar-refractivity contribution in [2.75, 3.05) is 11.3 Å². The number of benzene rings is 1. The van der Waals surface area contributed by atoms with Crippen LogP contribution in [0, 0.1) is 0 Å². The first kappa shape index (κ1) is 23.8. The van der Waals surface area contributed by atoms with Crippen LogP contribution in [0.15, 0.2) is 18.2 Å². The monoisotopic (exact) mass is 415 g/mol. The number of anilines is 1. The molecule has 0 aliphatic carbocycles. The second-order valence-electron chi connectivity index (χ2n) is 7.35. The van der Waals surface area contributed by atoms with Gasteiger partial charge >= 0.3 is 5.97 Å². The molecule has 27 heavy (non-hydrogen) atoms. The van der Waals surface area contributed by atoms with Gasteiger partial charge in [0.15, 0.2) is 0 Å². The molecule has 0 aliphatic rings. The number of carbonyl (C=O) groups is 1. The van der Waals surface area contributed by atoms with Crippen LogP contribution in [0.1, 0.15) is 83.3 Å². The number of ether oxygens (including phenoxy) is 1. The summed E-state index contributed by atoms with van der Waals surface area (Å²) in [6, 6.07) is 5.72. The Morgan fingerprint density at radius 2 is 1.63 bits per heavy atom. The van der Waals surface area contributed by atoms with Crippen LogP contribution in [-0.2, 0) is 19.6 Å². The van der Waals surface area contributed by atoms with Gasteiger partial charge in [0.05, 0.1) is 12.3 Å². The zero-order valence-corrected chi connectivity index (χ0v) is 18.7. The van der Waals surface area contributed by atoms with E-state index in [1.165, 1.54) is 0 Å². The molecule has 154 valence electrons. The molecule has 0 saturated heterocycles. The lowest BCUT2D eigenvalue weighted by Gasteiger charge is -2.22. The van der Waals surface area contributed by atoms with Gasteiger partial charge in [0.1, 0.15) is 0 Å². The lowest BCUT2D eigenvalue weighted by molar-refractivity contribution is -0.141. The first-order valence-electron chi connectivity index (χ1n) is 9.60. The van der Waals surface area contributed by atoms with Gasteiger partial charge in [0, 0.05) is 0 Å². The van der Waals surface area contributed by atoms with E-state index in [-0.39, 0.29) is 18.4 Å². The summed E-state index contributed by atoms with van der Waals surface area (Å²) in [5.74, 6) is -0.578. The van der Waals surface area contributed by atoms with Gasteiger partial charge in [-0.05, 0) is 29.4 Å². The van der Waals surface area contributed by atoms with E-state index in [9.17, 15) is 13.2 Å². The molecule has 0 bridgehead atoms. The highest BCUT2D eigenvalue weighted by Crippen LogP contribution is 2.33. The number of unbranched alkanes of at least 4 members (excludes halogenated alkanes) is 3. The van der Waals surface area contributed by atoms with Crippen LogP contribution < -0.4 is 4.72 Å². The molecule has 0 radical (unpaired) electrons. The number of hydrogen-bond donors (Lipinski definition) is 2. The van der Waals surface area contributed by atoms with Crippen molar-refractivity contribution in [2.45, 2.75) is 76.7 Å². The first-order chi connectivity index (χ1) is 12.6. The molecule has 0 aromatic heterocycles. The molecule has 0 aliphatic heterocycles. The summed E-state index contributed by atoms with van der Waals surface area (Å²) in [7, 11) is -4.03. The van der Waals surface area contributed by atoms with Crippen LogP contribution in [0.5, 0.6) is 0 Å². The predicted molar refractivity (Wildman–Crippen MR) is 115 cm³/mol. The van der Waals surface area contributed by atoms with Gasteiger partial charge in [-0.1, -0.05) is 72.1 Å². The Labute approximate surface area is 169 Å². The Balaban J connectivity index is 2.95. The van der Waals surface area contributed by atoms with E-state index in [1.807, 2.05) is 45.9 Å². The molecule has 0 amide bonds. The highest BCUT2D eigenvalue weighted by atomic mass is 32.3. The van der Waals surface area contributed by atoms with E-state index in [4.69, 9.17) is 4.74 Å². The minimum atomic E-state index is -4.03. The third kappa shape index (κ3) is 7.03. The molecule has 0 spiro atoms. The maximum absolute atomic E-state index is 12.7. The van der Waals surface area contributed by atoms with E-state index in [2.05, 4.69) is 24.3 Å². The minimum Gasteiger partial charge on any atom is -0.464 e. The van der Waals surface area contributed by atoms with Gasteiger partial charge in [-0.3, -0.25) is 4.72 Å². The Kier molecular flexibility index (Phi) is 9.67. The molecule has 5 nitrogen and oxygen atoms in total. The van der Waals surface area contributed by atoms with E-state index >= 15 is 0 Å². The third-order valence-corrected chi connectivity index (χ3v) is 6.67. The molecular weight excluding hydrogens is 382 g/mol. The largest absolute Gasteiger partial charge is 0.464 e. The van der Waals surface area contributed by atoms with Crippen molar-refractivity contribution < 1.29 is 17.9 Å². The molecule has 7 heteroatoms. The number of carbonyl (C=O) groups excluding carboxylic acids is 1. The van der Waals surface area contributed by atoms with Gasteiger partial charge in [-0.25, -0.2) is 13.2 Å². The molecule has 0 saturated carbocycles. The average Bonchev–Trinajstić information content (AvgIpc) is 2.60. The van der Waals surface area contributed by atoms with Crippen molar-refractivity contribution >= 4 is 34.3 Å². The van der Waals surface area contributed by atoms with E-state index in [0.29, 0.717) is 5.69 Å². The Morgan fingerprint density at radius 1 is 1.07 bits per heavy atom. The zero-order chi connectivity index (χ0) is 20.6. The van der Waals surface area contributed by atoms with E-state index in [0.717, 1.165) is 36.8 Å². The third-order valence-electron chi connectivity index (χ3n) is 4.36. The van der Waals surface area contributed by atoms with Crippen LogP contribution in [-0.4, -0.2) is 25.6 Å². The van der Waals surface area contributed by atoms with Crippen LogP contribution in [0.4, 0.5) is 5.69 Å². The average molecular weight is 416 g/mol. The summed E-state index contributed by atoms with van der Waals surface area (Å²) in [6.07, 6.45) is 3.81. The number of rotatable bonds is 11. The fraction of sp³-hybridized carbons (Fsp3) is 0.650. The van der Waals surface area contributed by atoms with Gasteiger partial charge in [0.25, 0.3) is 10.0 Å². The summed E-state index contributed by atoms with van der Waals surface area (Å²) in [6.45, 7) is 10.3. The van der Waals surface area contributed by atoms with Crippen LogP contribution in [0.3, 0.4) is 0 Å². The molecule has 1 rings (SSSR count). The molecule has 0 fully saturated rings. The van der Waals surface area contributed by atoms with Crippen LogP contribution in [0.25, 0.3) is 0 Å². The highest BCUT2D eigenvalue weighted by Gasteiger charge is 2.32. The summed E-state index contributed by atoms with van der Waals surface area (Å²) in [5.41, 5.74) is 2.31. The number of thiol groups is 1. The number of sulfonamides is 1. The van der Waals surface area contributed by atoms with Crippen molar-refractivity contribution in [1.82, 2.24) is 0 Å². The number of hydrogen-bond acceptors (Lipinski definition) is 5. The van der Waals surface area contributed by atoms with Crippen molar-refractivity contribution in [3.8, 4) is 0 Å². The van der Waals surface area contributed by atoms with Crippen LogP contribution in [0.2, 0.25) is 0 Å². The smallest absolute Gasteiger partial charge is 0.336 e. The number of para-hydroxylation sites is 1. The predicted octanol–water partition coefficient (Wildman–Crippen LogP) is 5.05. The minimum absolute atomic E-state index is 0.130. The normalized spacial score (nSPS) is 13.0. The second-order valence-corrected chi connectivity index (χ2v) is 9.98. The van der Waals surface area contributed by atoms with Gasteiger partial charge in [0.2, 0.25) is 4.58 Å². The van der Waals surface area contributed by atoms with Crippen molar-refractivity contribution in [2.24, 2.45) is 0 Å². The number of esters is 1. The lowest BCUT2D eigenvalue weighted by atomic mass is 9.93. The fourth-order valence-corrected chi connectivity index (χ4v) is 3.95. The van der Waals surface area contributed by atoms with Crippen molar-refractivity contribution in [3.05, 3.63) is 29.3 Å². The summed E-state index contributed by atoms with van der Waals surface area (Å²) in [4.78, 5) is 12.1. The maximum Gasteiger partial charge on any atom is 0.336 e. The highest BCUT2D eigenvalue weighted by molar-refractivity contribution is 8.06. The zero-order valence-electron chi connectivity index (χ0n) is 17.0. The van der Waals surface area contributed by atoms with Gasteiger partial charge in [-0.2, -0.15) is 0 Å². The molecule has 1 aromatic rings. The SMILES string of the molecule is CCCCCCOC(=O)C(S)S(=O)(=O)Nc1c(C(C)C)cccc1C(C)C. The Morgan fingerprint density at radius 3 is 2.11 bits per heavy atom. The summed E-state index contributed by atoms with van der Waals surface area (Å²) < 4.78 is 31.6. The Bertz CT molecular complexity index is 688. The molecule has 0 heterocycles. The molecule has 1 unspecified atom stereocenters. The summed E-state index contributed by atoms with van der Waals surface area (Å²) >= 11 is 4.03. The lowest BCUT2D eigenvalue weighted by Crippen LogP contribution is -2.33. The first-order valence-corrected chi connectivity index (χ1v) is 11.7. The number of nitrogens with one attached hydrogen (secondary N) is 1. The van der Waals surface area contributed by atoms with Crippen molar-refractivity contribution in [1.29, 1.82) is 0 Å². The van der Waals surface area contributed by atoms with Crippen LogP contribution >= 0.6 is 12.6 Å². The van der Waals surface area contributed by atoms with Gasteiger partial charge in [-0.15, -0.1) is 12.6 Å². The summed E-state index contributed by atoms with van der Waals surface area (Å²) in [5, 5.41) is 0. The van der Waals surface area contributed by atoms with E-state index < -0.39 is 20.6 Å². The maximum atomic E-state index is 12.7. The molecule has 1 aromatic carbocycles.